The molecule has 0 aliphatic rings. The third kappa shape index (κ3) is 2.00. The van der Waals surface area contributed by atoms with E-state index in [1.807, 2.05) is 18.3 Å². The predicted octanol–water partition coefficient (Wildman–Crippen LogP) is 4.39. The predicted molar refractivity (Wildman–Crippen MR) is 75.7 cm³/mol. The van der Waals surface area contributed by atoms with Crippen LogP contribution in [0.4, 0.5) is 0 Å². The van der Waals surface area contributed by atoms with Crippen molar-refractivity contribution in [3.05, 3.63) is 78.0 Å². The monoisotopic (exact) mass is 233 g/mol. The highest BCUT2D eigenvalue weighted by atomic mass is 14.6. The van der Waals surface area contributed by atoms with Crippen LogP contribution in [0, 0.1) is 0 Å². The molecule has 1 heteroatoms. The Morgan fingerprint density at radius 1 is 0.833 bits per heavy atom. The third-order valence-corrected chi connectivity index (χ3v) is 3.41. The summed E-state index contributed by atoms with van der Waals surface area (Å²) < 4.78 is 0. The van der Waals surface area contributed by atoms with E-state index in [4.69, 9.17) is 0 Å². The SMILES string of the molecule is C[C@@H](c1ccccc1)c1cnc2ccccc2c1. The van der Waals surface area contributed by atoms with Gasteiger partial charge in [0.25, 0.3) is 0 Å². The second kappa shape index (κ2) is 4.61. The van der Waals surface area contributed by atoms with Gasteiger partial charge in [-0.1, -0.05) is 55.5 Å². The Labute approximate surface area is 107 Å². The van der Waals surface area contributed by atoms with Crippen LogP contribution in [-0.4, -0.2) is 4.98 Å². The van der Waals surface area contributed by atoms with E-state index in [0.29, 0.717) is 5.92 Å². The van der Waals surface area contributed by atoms with Crippen LogP contribution in [-0.2, 0) is 0 Å². The number of para-hydroxylation sites is 1. The summed E-state index contributed by atoms with van der Waals surface area (Å²) in [5.41, 5.74) is 3.65. The summed E-state index contributed by atoms with van der Waals surface area (Å²) in [6.45, 7) is 2.22. The lowest BCUT2D eigenvalue weighted by Gasteiger charge is -2.12. The number of fused-ring (bicyclic) bond motifs is 1. The fourth-order valence-electron chi connectivity index (χ4n) is 2.26. The molecule has 2 aromatic carbocycles. The van der Waals surface area contributed by atoms with Gasteiger partial charge in [0.2, 0.25) is 0 Å². The lowest BCUT2D eigenvalue weighted by atomic mass is 9.94. The first kappa shape index (κ1) is 11.0. The zero-order chi connectivity index (χ0) is 12.4. The van der Waals surface area contributed by atoms with E-state index in [1.165, 1.54) is 16.5 Å². The van der Waals surface area contributed by atoms with Crippen molar-refractivity contribution >= 4 is 10.9 Å². The summed E-state index contributed by atoms with van der Waals surface area (Å²) >= 11 is 0. The number of benzene rings is 2. The van der Waals surface area contributed by atoms with Crippen molar-refractivity contribution in [3.63, 3.8) is 0 Å². The third-order valence-electron chi connectivity index (χ3n) is 3.41. The molecule has 88 valence electrons. The molecule has 0 radical (unpaired) electrons. The highest BCUT2D eigenvalue weighted by Gasteiger charge is 2.08. The normalized spacial score (nSPS) is 12.5. The van der Waals surface area contributed by atoms with Crippen molar-refractivity contribution in [2.75, 3.05) is 0 Å². The summed E-state index contributed by atoms with van der Waals surface area (Å²) in [7, 11) is 0. The van der Waals surface area contributed by atoms with E-state index in [-0.39, 0.29) is 0 Å². The second-order valence-corrected chi connectivity index (χ2v) is 4.59. The van der Waals surface area contributed by atoms with Crippen LogP contribution in [0.1, 0.15) is 24.0 Å². The van der Waals surface area contributed by atoms with E-state index in [0.717, 1.165) is 5.52 Å². The molecule has 0 bridgehead atoms. The zero-order valence-corrected chi connectivity index (χ0v) is 10.4. The molecule has 1 atom stereocenters. The second-order valence-electron chi connectivity index (χ2n) is 4.59. The molecular weight excluding hydrogens is 218 g/mol. The Hall–Kier alpha value is -2.15. The molecule has 3 aromatic rings. The van der Waals surface area contributed by atoms with Crippen LogP contribution in [0.25, 0.3) is 10.9 Å². The van der Waals surface area contributed by atoms with Crippen molar-refractivity contribution in [1.82, 2.24) is 4.98 Å². The maximum atomic E-state index is 4.53. The van der Waals surface area contributed by atoms with Crippen molar-refractivity contribution in [1.29, 1.82) is 0 Å². The summed E-state index contributed by atoms with van der Waals surface area (Å²) in [6.07, 6.45) is 1.99. The Morgan fingerprint density at radius 2 is 1.56 bits per heavy atom. The smallest absolute Gasteiger partial charge is 0.0702 e. The molecule has 0 unspecified atom stereocenters. The van der Waals surface area contributed by atoms with Gasteiger partial charge in [-0.05, 0) is 23.3 Å². The molecule has 0 spiro atoms. The number of hydrogen-bond acceptors (Lipinski definition) is 1. The fourth-order valence-corrected chi connectivity index (χ4v) is 2.26. The van der Waals surface area contributed by atoms with Gasteiger partial charge in [-0.2, -0.15) is 0 Å². The van der Waals surface area contributed by atoms with E-state index >= 15 is 0 Å². The molecule has 0 amide bonds. The quantitative estimate of drug-likeness (QED) is 0.639. The molecule has 18 heavy (non-hydrogen) atoms. The summed E-state index contributed by atoms with van der Waals surface area (Å²) in [4.78, 5) is 4.53. The minimum atomic E-state index is 0.378. The maximum absolute atomic E-state index is 4.53. The van der Waals surface area contributed by atoms with Gasteiger partial charge in [0.1, 0.15) is 0 Å². The minimum Gasteiger partial charge on any atom is -0.256 e. The molecule has 0 aliphatic carbocycles. The lowest BCUT2D eigenvalue weighted by molar-refractivity contribution is 0.916. The van der Waals surface area contributed by atoms with Gasteiger partial charge < -0.3 is 0 Å². The largest absolute Gasteiger partial charge is 0.256 e. The molecule has 1 aromatic heterocycles. The Balaban J connectivity index is 2.04. The van der Waals surface area contributed by atoms with Crippen molar-refractivity contribution in [3.8, 4) is 0 Å². The van der Waals surface area contributed by atoms with Gasteiger partial charge in [-0.3, -0.25) is 4.98 Å². The average molecular weight is 233 g/mol. The van der Waals surface area contributed by atoms with Gasteiger partial charge in [-0.15, -0.1) is 0 Å². The Morgan fingerprint density at radius 3 is 2.39 bits per heavy atom. The number of aromatic nitrogens is 1. The molecule has 1 nitrogen and oxygen atoms in total. The average Bonchev–Trinajstić information content (AvgIpc) is 2.47. The molecule has 0 N–H and O–H groups in total. The maximum Gasteiger partial charge on any atom is 0.0702 e. The van der Waals surface area contributed by atoms with E-state index in [2.05, 4.69) is 60.4 Å². The van der Waals surface area contributed by atoms with Gasteiger partial charge in [-0.25, -0.2) is 0 Å². The van der Waals surface area contributed by atoms with Gasteiger partial charge in [0.05, 0.1) is 5.52 Å². The van der Waals surface area contributed by atoms with Crippen LogP contribution >= 0.6 is 0 Å². The number of rotatable bonds is 2. The topological polar surface area (TPSA) is 12.9 Å². The molecule has 0 saturated carbocycles. The Kier molecular flexibility index (Phi) is 2.81. The van der Waals surface area contributed by atoms with Crippen LogP contribution in [0.3, 0.4) is 0 Å². The molecule has 0 fully saturated rings. The van der Waals surface area contributed by atoms with Crippen LogP contribution < -0.4 is 0 Å². The molecular formula is C17H15N. The van der Waals surface area contributed by atoms with Crippen LogP contribution in [0.5, 0.6) is 0 Å². The Bertz CT molecular complexity index is 659. The number of pyridine rings is 1. The van der Waals surface area contributed by atoms with Crippen molar-refractivity contribution in [2.24, 2.45) is 0 Å². The fraction of sp³-hybridized carbons (Fsp3) is 0.118. The van der Waals surface area contributed by atoms with E-state index < -0.39 is 0 Å². The van der Waals surface area contributed by atoms with E-state index in [1.54, 1.807) is 0 Å². The minimum absolute atomic E-state index is 0.378. The van der Waals surface area contributed by atoms with Crippen LogP contribution in [0.2, 0.25) is 0 Å². The van der Waals surface area contributed by atoms with Gasteiger partial charge >= 0.3 is 0 Å². The van der Waals surface area contributed by atoms with Crippen molar-refractivity contribution < 1.29 is 0 Å². The molecule has 0 aliphatic heterocycles. The highest BCUT2D eigenvalue weighted by Crippen LogP contribution is 2.25. The number of hydrogen-bond donors (Lipinski definition) is 0. The first-order valence-corrected chi connectivity index (χ1v) is 6.24. The zero-order valence-electron chi connectivity index (χ0n) is 10.4. The molecule has 0 saturated heterocycles. The van der Waals surface area contributed by atoms with Crippen molar-refractivity contribution in [2.45, 2.75) is 12.8 Å². The highest BCUT2D eigenvalue weighted by molar-refractivity contribution is 5.78. The lowest BCUT2D eigenvalue weighted by Crippen LogP contribution is -1.96. The summed E-state index contributed by atoms with van der Waals surface area (Å²) in [6, 6.07) is 21.0. The van der Waals surface area contributed by atoms with Gasteiger partial charge in [0, 0.05) is 17.5 Å². The standard InChI is InChI=1S/C17H15N/c1-13(14-7-3-2-4-8-14)16-11-15-9-5-6-10-17(15)18-12-16/h2-13H,1H3/t13-/m0/s1. The first-order chi connectivity index (χ1) is 8.84. The molecule has 1 heterocycles. The van der Waals surface area contributed by atoms with Gasteiger partial charge in [0.15, 0.2) is 0 Å². The first-order valence-electron chi connectivity index (χ1n) is 6.24. The van der Waals surface area contributed by atoms with Crippen LogP contribution in [0.15, 0.2) is 66.9 Å². The summed E-state index contributed by atoms with van der Waals surface area (Å²) in [5.74, 6) is 0.378. The summed E-state index contributed by atoms with van der Waals surface area (Å²) in [5, 5.41) is 1.21. The van der Waals surface area contributed by atoms with E-state index in [9.17, 15) is 0 Å². The number of nitrogens with zero attached hydrogens (tertiary/aromatic N) is 1. The molecule has 3 rings (SSSR count).